The van der Waals surface area contributed by atoms with E-state index in [2.05, 4.69) is 22.6 Å². The van der Waals surface area contributed by atoms with E-state index >= 15 is 0 Å². The predicted molar refractivity (Wildman–Crippen MR) is 111 cm³/mol. The Labute approximate surface area is 168 Å². The summed E-state index contributed by atoms with van der Waals surface area (Å²) >= 11 is 0. The molecule has 2 aliphatic heterocycles. The molecule has 6 nitrogen and oxygen atoms in total. The number of fused-ring (bicyclic) bond motifs is 2. The van der Waals surface area contributed by atoms with Crippen LogP contribution in [-0.2, 0) is 9.53 Å². The number of hydrogen-bond acceptors (Lipinski definition) is 4. The second-order valence-electron chi connectivity index (χ2n) is 9.12. The SMILES string of the molecule is CN1[C@@H]2CC[C@H]1C[C@H](NC(=O)C(CNC(=N)OC(C)(C)C)c1ccccc1)C2. The van der Waals surface area contributed by atoms with Crippen molar-refractivity contribution in [3.63, 3.8) is 0 Å². The van der Waals surface area contributed by atoms with Gasteiger partial charge in [0.05, 0.1) is 5.92 Å². The van der Waals surface area contributed by atoms with Crippen molar-refractivity contribution in [1.29, 1.82) is 5.41 Å². The lowest BCUT2D eigenvalue weighted by atomic mass is 9.94. The number of benzene rings is 1. The Morgan fingerprint density at radius 2 is 1.82 bits per heavy atom. The number of amidine groups is 1. The van der Waals surface area contributed by atoms with Gasteiger partial charge in [0.2, 0.25) is 5.91 Å². The molecule has 1 unspecified atom stereocenters. The van der Waals surface area contributed by atoms with Crippen LogP contribution < -0.4 is 10.6 Å². The normalized spacial score (nSPS) is 25.8. The van der Waals surface area contributed by atoms with Crippen LogP contribution in [0.1, 0.15) is 57.9 Å². The molecular formula is C22H34N4O2. The Bertz CT molecular complexity index is 672. The van der Waals surface area contributed by atoms with Crippen molar-refractivity contribution in [1.82, 2.24) is 15.5 Å². The van der Waals surface area contributed by atoms with Crippen LogP contribution in [0, 0.1) is 5.41 Å². The van der Waals surface area contributed by atoms with Gasteiger partial charge in [-0.05, 0) is 59.1 Å². The number of carbonyl (C=O) groups excluding carboxylic acids is 1. The van der Waals surface area contributed by atoms with Crippen LogP contribution in [0.15, 0.2) is 30.3 Å². The van der Waals surface area contributed by atoms with Gasteiger partial charge in [-0.3, -0.25) is 10.2 Å². The van der Waals surface area contributed by atoms with Crippen molar-refractivity contribution in [3.05, 3.63) is 35.9 Å². The highest BCUT2D eigenvalue weighted by Crippen LogP contribution is 2.34. The minimum absolute atomic E-state index is 0.00133. The van der Waals surface area contributed by atoms with Gasteiger partial charge in [0, 0.05) is 24.7 Å². The molecule has 1 aromatic carbocycles. The molecule has 1 aromatic rings. The molecule has 3 rings (SSSR count). The van der Waals surface area contributed by atoms with E-state index in [4.69, 9.17) is 10.1 Å². The second-order valence-corrected chi connectivity index (χ2v) is 9.12. The lowest BCUT2D eigenvalue weighted by Crippen LogP contribution is -2.50. The van der Waals surface area contributed by atoms with Crippen molar-refractivity contribution < 1.29 is 9.53 Å². The van der Waals surface area contributed by atoms with Crippen LogP contribution in [0.25, 0.3) is 0 Å². The Hall–Kier alpha value is -2.08. The molecular weight excluding hydrogens is 352 g/mol. The van der Waals surface area contributed by atoms with Gasteiger partial charge < -0.3 is 20.3 Å². The molecule has 28 heavy (non-hydrogen) atoms. The maximum absolute atomic E-state index is 13.1. The van der Waals surface area contributed by atoms with Gasteiger partial charge in [0.25, 0.3) is 6.02 Å². The zero-order chi connectivity index (χ0) is 20.3. The average molecular weight is 387 g/mol. The first-order valence-electron chi connectivity index (χ1n) is 10.3. The summed E-state index contributed by atoms with van der Waals surface area (Å²) in [6.07, 6.45) is 4.52. The summed E-state index contributed by atoms with van der Waals surface area (Å²) < 4.78 is 5.54. The third-order valence-corrected chi connectivity index (χ3v) is 5.84. The number of ether oxygens (including phenoxy) is 1. The maximum Gasteiger partial charge on any atom is 0.282 e. The minimum Gasteiger partial charge on any atom is -0.460 e. The summed E-state index contributed by atoms with van der Waals surface area (Å²) in [6.45, 7) is 6.04. The van der Waals surface area contributed by atoms with Crippen LogP contribution >= 0.6 is 0 Å². The van der Waals surface area contributed by atoms with Gasteiger partial charge in [-0.25, -0.2) is 0 Å². The first-order valence-corrected chi connectivity index (χ1v) is 10.3. The molecule has 4 atom stereocenters. The van der Waals surface area contributed by atoms with Gasteiger partial charge in [-0.2, -0.15) is 0 Å². The van der Waals surface area contributed by atoms with Gasteiger partial charge in [-0.15, -0.1) is 0 Å². The van der Waals surface area contributed by atoms with E-state index in [0.29, 0.717) is 18.6 Å². The first-order chi connectivity index (χ1) is 13.2. The number of rotatable bonds is 5. The van der Waals surface area contributed by atoms with E-state index in [1.807, 2.05) is 51.1 Å². The maximum atomic E-state index is 13.1. The molecule has 1 amide bonds. The Balaban J connectivity index is 1.63. The number of amides is 1. The summed E-state index contributed by atoms with van der Waals surface area (Å²) in [5, 5.41) is 14.3. The largest absolute Gasteiger partial charge is 0.460 e. The van der Waals surface area contributed by atoms with E-state index in [0.717, 1.165) is 18.4 Å². The van der Waals surface area contributed by atoms with E-state index in [-0.39, 0.29) is 23.9 Å². The van der Waals surface area contributed by atoms with E-state index < -0.39 is 5.60 Å². The number of nitrogens with zero attached hydrogens (tertiary/aromatic N) is 1. The van der Waals surface area contributed by atoms with Crippen LogP contribution in [0.3, 0.4) is 0 Å². The van der Waals surface area contributed by atoms with Crippen LogP contribution in [-0.4, -0.2) is 54.1 Å². The summed E-state index contributed by atoms with van der Waals surface area (Å²) in [6, 6.07) is 11.2. The number of piperidine rings is 1. The van der Waals surface area contributed by atoms with Gasteiger partial charge in [0.1, 0.15) is 5.60 Å². The van der Waals surface area contributed by atoms with Crippen LogP contribution in [0.4, 0.5) is 0 Å². The van der Waals surface area contributed by atoms with Crippen molar-refractivity contribution in [2.24, 2.45) is 0 Å². The zero-order valence-electron chi connectivity index (χ0n) is 17.5. The third kappa shape index (κ3) is 5.25. The second kappa shape index (κ2) is 8.52. The number of hydrogen-bond donors (Lipinski definition) is 3. The summed E-state index contributed by atoms with van der Waals surface area (Å²) in [5.74, 6) is -0.335. The average Bonchev–Trinajstić information content (AvgIpc) is 2.82. The summed E-state index contributed by atoms with van der Waals surface area (Å²) in [5.41, 5.74) is 0.508. The fraction of sp³-hybridized carbons (Fsp3) is 0.636. The van der Waals surface area contributed by atoms with Gasteiger partial charge >= 0.3 is 0 Å². The highest BCUT2D eigenvalue weighted by molar-refractivity contribution is 5.85. The lowest BCUT2D eigenvalue weighted by molar-refractivity contribution is -0.123. The molecule has 0 aliphatic carbocycles. The van der Waals surface area contributed by atoms with Gasteiger partial charge in [0.15, 0.2) is 0 Å². The predicted octanol–water partition coefficient (Wildman–Crippen LogP) is 2.85. The lowest BCUT2D eigenvalue weighted by Gasteiger charge is -2.37. The van der Waals surface area contributed by atoms with Crippen molar-refractivity contribution in [2.45, 2.75) is 76.1 Å². The molecule has 0 aromatic heterocycles. The Morgan fingerprint density at radius 1 is 1.21 bits per heavy atom. The van der Waals surface area contributed by atoms with Crippen molar-refractivity contribution in [2.75, 3.05) is 13.6 Å². The van der Waals surface area contributed by atoms with Crippen LogP contribution in [0.5, 0.6) is 0 Å². The Morgan fingerprint density at radius 3 is 2.39 bits per heavy atom. The smallest absolute Gasteiger partial charge is 0.282 e. The van der Waals surface area contributed by atoms with Crippen LogP contribution in [0.2, 0.25) is 0 Å². The summed E-state index contributed by atoms with van der Waals surface area (Å²) in [4.78, 5) is 15.6. The topological polar surface area (TPSA) is 77.5 Å². The molecule has 154 valence electrons. The summed E-state index contributed by atoms with van der Waals surface area (Å²) in [7, 11) is 2.21. The first kappa shape index (κ1) is 20.6. The Kier molecular flexibility index (Phi) is 6.28. The van der Waals surface area contributed by atoms with Gasteiger partial charge in [-0.1, -0.05) is 30.3 Å². The minimum atomic E-state index is -0.442. The van der Waals surface area contributed by atoms with E-state index in [9.17, 15) is 4.79 Å². The monoisotopic (exact) mass is 386 g/mol. The molecule has 2 aliphatic rings. The number of carbonyl (C=O) groups is 1. The quantitative estimate of drug-likeness (QED) is 0.537. The molecule has 6 heteroatoms. The molecule has 0 radical (unpaired) electrons. The fourth-order valence-electron chi connectivity index (χ4n) is 4.42. The third-order valence-electron chi connectivity index (χ3n) is 5.84. The molecule has 2 heterocycles. The molecule has 0 spiro atoms. The standard InChI is InChI=1S/C22H34N4O2/c1-22(2,3)28-21(23)24-14-19(15-8-6-5-7-9-15)20(27)25-16-12-17-10-11-18(13-16)26(17)4/h5-9,16-19H,10-14H2,1-4H3,(H2,23,24)(H,25,27)/t16-,17-,18+,19?. The van der Waals surface area contributed by atoms with E-state index in [1.54, 1.807) is 0 Å². The zero-order valence-corrected chi connectivity index (χ0v) is 17.5. The van der Waals surface area contributed by atoms with E-state index in [1.165, 1.54) is 12.8 Å². The molecule has 0 saturated carbocycles. The highest BCUT2D eigenvalue weighted by Gasteiger charge is 2.39. The molecule has 3 N–H and O–H groups in total. The fourth-order valence-corrected chi connectivity index (χ4v) is 4.42. The molecule has 2 fully saturated rings. The molecule has 2 saturated heterocycles. The van der Waals surface area contributed by atoms with Crippen molar-refractivity contribution >= 4 is 11.9 Å². The highest BCUT2D eigenvalue weighted by atomic mass is 16.5. The number of nitrogens with one attached hydrogen (secondary N) is 3. The van der Waals surface area contributed by atoms with Crippen molar-refractivity contribution in [3.8, 4) is 0 Å². The molecule has 2 bridgehead atoms.